The fourth-order valence-electron chi connectivity index (χ4n) is 3.56. The van der Waals surface area contributed by atoms with Crippen molar-refractivity contribution in [2.75, 3.05) is 18.6 Å². The number of carbonyl (C=O) groups excluding carboxylic acids is 1. The predicted octanol–water partition coefficient (Wildman–Crippen LogP) is 3.51. The second-order valence-corrected chi connectivity index (χ2v) is 7.62. The first-order valence-electron chi connectivity index (χ1n) is 10.3. The highest BCUT2D eigenvalue weighted by Gasteiger charge is 2.33. The predicted molar refractivity (Wildman–Crippen MR) is 130 cm³/mol. The second kappa shape index (κ2) is 9.71. The summed E-state index contributed by atoms with van der Waals surface area (Å²) in [5, 5.41) is 18.1. The smallest absolute Gasteiger partial charge is 0.389 e. The van der Waals surface area contributed by atoms with E-state index >= 15 is 0 Å². The number of methoxy groups -OCH3 is 1. The Morgan fingerprint density at radius 2 is 2.00 bits per heavy atom. The van der Waals surface area contributed by atoms with Crippen LogP contribution in [-0.2, 0) is 11.3 Å². The molecule has 1 aliphatic rings. The van der Waals surface area contributed by atoms with Crippen molar-refractivity contribution in [1.82, 2.24) is 15.1 Å². The average molecular weight is 480 g/mol. The van der Waals surface area contributed by atoms with E-state index in [-0.39, 0.29) is 23.4 Å². The third-order valence-corrected chi connectivity index (χ3v) is 5.33. The number of rotatable bonds is 8. The van der Waals surface area contributed by atoms with Gasteiger partial charge in [0.2, 0.25) is 0 Å². The van der Waals surface area contributed by atoms with Crippen LogP contribution in [0.4, 0.5) is 11.5 Å². The molecule has 0 bridgehead atoms. The first-order valence-corrected chi connectivity index (χ1v) is 10.8. The first kappa shape index (κ1) is 22.9. The molecule has 0 saturated carbocycles. The number of hydrogen-bond acceptors (Lipinski definition) is 7. The van der Waals surface area contributed by atoms with E-state index in [9.17, 15) is 14.9 Å². The fourth-order valence-corrected chi connectivity index (χ4v) is 3.85. The molecule has 0 unspecified atom stereocenters. The number of thiocarbonyl (C=S) groups is 1. The standard InChI is InChI=1S/C23H21N5O5S/c1-3-33-20-7-5-4-6-18(20)27-22(29)17(24-23(27)34)13-15-8-9-19(32-2)16(12-15)14-26-11-10-21(25-26)28(30)31/h4-13H,3,14H2,1-2H3,(H,24,34)/b17-13+. The minimum absolute atomic E-state index is 0.237. The molecule has 1 saturated heterocycles. The molecule has 1 amide bonds. The molecule has 34 heavy (non-hydrogen) atoms. The van der Waals surface area contributed by atoms with E-state index in [1.54, 1.807) is 30.3 Å². The molecule has 0 spiro atoms. The number of nitrogens with one attached hydrogen (secondary N) is 1. The van der Waals surface area contributed by atoms with Crippen LogP contribution in [-0.4, -0.2) is 39.4 Å². The number of anilines is 1. The summed E-state index contributed by atoms with van der Waals surface area (Å²) in [4.78, 5) is 25.0. The van der Waals surface area contributed by atoms with Gasteiger partial charge in [-0.3, -0.25) is 4.79 Å². The Balaban J connectivity index is 1.62. The van der Waals surface area contributed by atoms with Crippen molar-refractivity contribution in [2.45, 2.75) is 13.5 Å². The van der Waals surface area contributed by atoms with Gasteiger partial charge in [-0.25, -0.2) is 4.90 Å². The lowest BCUT2D eigenvalue weighted by molar-refractivity contribution is -0.389. The van der Waals surface area contributed by atoms with Crippen molar-refractivity contribution in [3.8, 4) is 11.5 Å². The zero-order valence-corrected chi connectivity index (χ0v) is 19.2. The van der Waals surface area contributed by atoms with Crippen molar-refractivity contribution in [3.63, 3.8) is 0 Å². The van der Waals surface area contributed by atoms with Gasteiger partial charge in [-0.05, 0) is 60.0 Å². The summed E-state index contributed by atoms with van der Waals surface area (Å²) in [5.41, 5.74) is 2.32. The highest BCUT2D eigenvalue weighted by Crippen LogP contribution is 2.32. The molecule has 0 atom stereocenters. The lowest BCUT2D eigenvalue weighted by Crippen LogP contribution is -2.30. The summed E-state index contributed by atoms with van der Waals surface area (Å²) < 4.78 is 12.5. The lowest BCUT2D eigenvalue weighted by Gasteiger charge is -2.17. The average Bonchev–Trinajstić information content (AvgIpc) is 3.39. The summed E-state index contributed by atoms with van der Waals surface area (Å²) in [5.74, 6) is 0.605. The van der Waals surface area contributed by atoms with Crippen LogP contribution in [0.5, 0.6) is 11.5 Å². The molecule has 1 N–H and O–H groups in total. The second-order valence-electron chi connectivity index (χ2n) is 7.23. The molecule has 3 aromatic rings. The minimum Gasteiger partial charge on any atom is -0.496 e. The van der Waals surface area contributed by atoms with Gasteiger partial charge in [0.25, 0.3) is 5.91 Å². The molecule has 2 aromatic carbocycles. The number of nitrogens with zero attached hydrogens (tertiary/aromatic N) is 4. The van der Waals surface area contributed by atoms with Crippen LogP contribution in [0.3, 0.4) is 0 Å². The van der Waals surface area contributed by atoms with Gasteiger partial charge < -0.3 is 24.9 Å². The van der Waals surface area contributed by atoms with Gasteiger partial charge in [0.1, 0.15) is 17.2 Å². The number of aromatic nitrogens is 2. The molecule has 0 aliphatic carbocycles. The number of benzene rings is 2. The molecule has 4 rings (SSSR count). The van der Waals surface area contributed by atoms with E-state index in [4.69, 9.17) is 21.7 Å². The number of hydrogen-bond donors (Lipinski definition) is 1. The third kappa shape index (κ3) is 4.59. The Morgan fingerprint density at radius 3 is 2.71 bits per heavy atom. The SMILES string of the molecule is CCOc1ccccc1N1C(=O)/C(=C\c2ccc(OC)c(Cn3ccc([N+](=O)[O-])n3)c2)NC1=S. The third-order valence-electron chi connectivity index (χ3n) is 5.05. The maximum atomic E-state index is 13.2. The highest BCUT2D eigenvalue weighted by molar-refractivity contribution is 7.80. The van der Waals surface area contributed by atoms with Crippen molar-refractivity contribution in [2.24, 2.45) is 0 Å². The molecule has 10 nitrogen and oxygen atoms in total. The Bertz CT molecular complexity index is 1300. The number of carbonyl (C=O) groups is 1. The monoisotopic (exact) mass is 479 g/mol. The zero-order valence-electron chi connectivity index (χ0n) is 18.4. The van der Waals surface area contributed by atoms with E-state index in [1.807, 2.05) is 25.1 Å². The molecule has 11 heteroatoms. The molecule has 1 fully saturated rings. The van der Waals surface area contributed by atoms with Crippen LogP contribution in [0, 0.1) is 10.1 Å². The van der Waals surface area contributed by atoms with E-state index in [0.29, 0.717) is 29.5 Å². The molecule has 2 heterocycles. The number of para-hydroxylation sites is 2. The van der Waals surface area contributed by atoms with Crippen molar-refractivity contribution < 1.29 is 19.2 Å². The van der Waals surface area contributed by atoms with Crippen LogP contribution in [0.25, 0.3) is 6.08 Å². The summed E-state index contributed by atoms with van der Waals surface area (Å²) in [6.45, 7) is 2.57. The normalized spacial score (nSPS) is 14.4. The maximum absolute atomic E-state index is 13.2. The summed E-state index contributed by atoms with van der Waals surface area (Å²) in [6, 6.07) is 13.9. The fraction of sp³-hybridized carbons (Fsp3) is 0.174. The van der Waals surface area contributed by atoms with Gasteiger partial charge in [-0.1, -0.05) is 18.2 Å². The van der Waals surface area contributed by atoms with Gasteiger partial charge in [0.05, 0.1) is 43.3 Å². The Morgan fingerprint density at radius 1 is 1.21 bits per heavy atom. The minimum atomic E-state index is -0.551. The molecule has 1 aliphatic heterocycles. The Hall–Kier alpha value is -4.25. The van der Waals surface area contributed by atoms with Crippen molar-refractivity contribution in [1.29, 1.82) is 0 Å². The van der Waals surface area contributed by atoms with Gasteiger partial charge >= 0.3 is 5.82 Å². The molecule has 1 aromatic heterocycles. The summed E-state index contributed by atoms with van der Waals surface area (Å²) in [7, 11) is 1.54. The van der Waals surface area contributed by atoms with Crippen LogP contribution in [0.15, 0.2) is 60.4 Å². The van der Waals surface area contributed by atoms with Gasteiger partial charge in [0, 0.05) is 5.56 Å². The van der Waals surface area contributed by atoms with Gasteiger partial charge in [-0.2, -0.15) is 4.68 Å². The summed E-state index contributed by atoms with van der Waals surface area (Å²) >= 11 is 5.42. The van der Waals surface area contributed by atoms with Crippen LogP contribution < -0.4 is 19.7 Å². The Labute approximate surface area is 200 Å². The van der Waals surface area contributed by atoms with Crippen molar-refractivity contribution >= 4 is 40.8 Å². The topological polar surface area (TPSA) is 112 Å². The van der Waals surface area contributed by atoms with Crippen LogP contribution >= 0.6 is 12.2 Å². The van der Waals surface area contributed by atoms with Crippen LogP contribution in [0.1, 0.15) is 18.1 Å². The van der Waals surface area contributed by atoms with E-state index in [2.05, 4.69) is 10.4 Å². The quantitative estimate of drug-likeness (QED) is 0.226. The summed E-state index contributed by atoms with van der Waals surface area (Å²) in [6.07, 6.45) is 3.21. The van der Waals surface area contributed by atoms with Crippen LogP contribution in [0.2, 0.25) is 0 Å². The molecule has 174 valence electrons. The molecular weight excluding hydrogens is 458 g/mol. The Kier molecular flexibility index (Phi) is 6.55. The molecule has 0 radical (unpaired) electrons. The van der Waals surface area contributed by atoms with E-state index in [0.717, 1.165) is 11.1 Å². The van der Waals surface area contributed by atoms with Gasteiger partial charge in [0.15, 0.2) is 5.11 Å². The highest BCUT2D eigenvalue weighted by atomic mass is 32.1. The van der Waals surface area contributed by atoms with Crippen molar-refractivity contribution in [3.05, 3.63) is 81.7 Å². The number of amides is 1. The maximum Gasteiger partial charge on any atom is 0.389 e. The van der Waals surface area contributed by atoms with E-state index < -0.39 is 4.92 Å². The van der Waals surface area contributed by atoms with E-state index in [1.165, 1.54) is 29.0 Å². The first-order chi connectivity index (χ1) is 16.4. The largest absolute Gasteiger partial charge is 0.496 e. The van der Waals surface area contributed by atoms with Gasteiger partial charge in [-0.15, -0.1) is 0 Å². The lowest BCUT2D eigenvalue weighted by atomic mass is 10.1. The number of ether oxygens (including phenoxy) is 2. The zero-order chi connectivity index (χ0) is 24.2. The number of nitro groups is 1. The molecular formula is C23H21N5O5S.